The van der Waals surface area contributed by atoms with Crippen molar-refractivity contribution in [1.29, 1.82) is 0 Å². The maximum Gasteiger partial charge on any atom is 0.220 e. The summed E-state index contributed by atoms with van der Waals surface area (Å²) in [5.41, 5.74) is 2.25. The van der Waals surface area contributed by atoms with Gasteiger partial charge >= 0.3 is 0 Å². The minimum atomic E-state index is -0.0329. The van der Waals surface area contributed by atoms with E-state index in [9.17, 15) is 4.79 Å². The van der Waals surface area contributed by atoms with Gasteiger partial charge in [0.2, 0.25) is 5.91 Å². The van der Waals surface area contributed by atoms with Crippen LogP contribution < -0.4 is 24.3 Å². The van der Waals surface area contributed by atoms with Crippen LogP contribution in [0.15, 0.2) is 36.4 Å². The first-order valence-corrected chi connectivity index (χ1v) is 11.0. The number of nitrogens with one attached hydrogen (secondary N) is 1. The van der Waals surface area contributed by atoms with Gasteiger partial charge in [0.25, 0.3) is 0 Å². The second-order valence-corrected chi connectivity index (χ2v) is 8.31. The Morgan fingerprint density at radius 1 is 0.968 bits per heavy atom. The van der Waals surface area contributed by atoms with Gasteiger partial charge in [-0.1, -0.05) is 25.0 Å². The number of hydrogen-bond acceptors (Lipinski definition) is 5. The van der Waals surface area contributed by atoms with Crippen molar-refractivity contribution in [1.82, 2.24) is 5.32 Å². The number of rotatable bonds is 8. The van der Waals surface area contributed by atoms with Gasteiger partial charge in [-0.25, -0.2) is 0 Å². The third-order valence-corrected chi connectivity index (χ3v) is 6.43. The van der Waals surface area contributed by atoms with E-state index in [1.54, 1.807) is 14.2 Å². The molecule has 2 aromatic carbocycles. The quantitative estimate of drug-likeness (QED) is 0.692. The van der Waals surface area contributed by atoms with E-state index in [1.807, 2.05) is 24.3 Å². The van der Waals surface area contributed by atoms with Crippen LogP contribution in [0.2, 0.25) is 0 Å². The molecule has 0 unspecified atom stereocenters. The van der Waals surface area contributed by atoms with Crippen molar-refractivity contribution >= 4 is 5.91 Å². The molecule has 0 aromatic heterocycles. The number of hydrogen-bond donors (Lipinski definition) is 1. The lowest BCUT2D eigenvalue weighted by Gasteiger charge is -2.31. The van der Waals surface area contributed by atoms with Gasteiger partial charge in [0.1, 0.15) is 13.2 Å². The smallest absolute Gasteiger partial charge is 0.220 e. The first-order chi connectivity index (χ1) is 15.1. The predicted octanol–water partition coefficient (Wildman–Crippen LogP) is 4.04. The third kappa shape index (κ3) is 4.73. The van der Waals surface area contributed by atoms with Crippen LogP contribution in [-0.2, 0) is 16.6 Å². The summed E-state index contributed by atoms with van der Waals surface area (Å²) in [5, 5.41) is 3.20. The maximum atomic E-state index is 12.6. The molecule has 0 radical (unpaired) electrons. The Bertz CT molecular complexity index is 920. The van der Waals surface area contributed by atoms with Crippen molar-refractivity contribution in [2.75, 3.05) is 34.0 Å². The number of carbonyl (C=O) groups is 1. The molecule has 1 fully saturated rings. The van der Waals surface area contributed by atoms with E-state index in [1.165, 1.54) is 18.4 Å². The van der Waals surface area contributed by atoms with E-state index >= 15 is 0 Å². The van der Waals surface area contributed by atoms with Gasteiger partial charge in [-0.15, -0.1) is 0 Å². The third-order valence-electron chi connectivity index (χ3n) is 6.43. The molecule has 1 N–H and O–H groups in total. The fourth-order valence-corrected chi connectivity index (χ4v) is 4.64. The molecular weight excluding hydrogens is 394 g/mol. The van der Waals surface area contributed by atoms with Crippen LogP contribution in [0.3, 0.4) is 0 Å². The molecule has 0 bridgehead atoms. The van der Waals surface area contributed by atoms with Crippen LogP contribution in [0.4, 0.5) is 0 Å². The maximum absolute atomic E-state index is 12.6. The largest absolute Gasteiger partial charge is 0.493 e. The van der Waals surface area contributed by atoms with Gasteiger partial charge in [-0.3, -0.25) is 4.79 Å². The summed E-state index contributed by atoms with van der Waals surface area (Å²) in [6.07, 6.45) is 5.59. The Labute approximate surface area is 183 Å². The number of benzene rings is 2. The molecule has 31 heavy (non-hydrogen) atoms. The molecule has 2 aliphatic rings. The first kappa shape index (κ1) is 21.3. The monoisotopic (exact) mass is 425 g/mol. The molecule has 166 valence electrons. The van der Waals surface area contributed by atoms with Crippen molar-refractivity contribution in [3.63, 3.8) is 0 Å². The van der Waals surface area contributed by atoms with E-state index in [0.717, 1.165) is 29.9 Å². The summed E-state index contributed by atoms with van der Waals surface area (Å²) in [6.45, 7) is 1.82. The lowest BCUT2D eigenvalue weighted by atomic mass is 9.78. The van der Waals surface area contributed by atoms with Crippen molar-refractivity contribution in [2.45, 2.75) is 43.9 Å². The molecular formula is C25H31NO5. The van der Waals surface area contributed by atoms with E-state index in [-0.39, 0.29) is 11.3 Å². The molecule has 1 heterocycles. The Hall–Kier alpha value is -2.89. The van der Waals surface area contributed by atoms with Crippen molar-refractivity contribution in [2.24, 2.45) is 0 Å². The highest BCUT2D eigenvalue weighted by atomic mass is 16.6. The fourth-order valence-electron chi connectivity index (χ4n) is 4.64. The van der Waals surface area contributed by atoms with Crippen LogP contribution in [0, 0.1) is 0 Å². The highest BCUT2D eigenvalue weighted by Crippen LogP contribution is 2.43. The zero-order valence-corrected chi connectivity index (χ0v) is 18.4. The number of carbonyl (C=O) groups excluding carboxylic acids is 1. The van der Waals surface area contributed by atoms with Gasteiger partial charge in [0.05, 0.1) is 14.2 Å². The second kappa shape index (κ2) is 9.50. The number of aryl methyl sites for hydroxylation is 1. The van der Waals surface area contributed by atoms with E-state index < -0.39 is 0 Å². The van der Waals surface area contributed by atoms with Crippen LogP contribution in [0.1, 0.15) is 43.2 Å². The van der Waals surface area contributed by atoms with Crippen molar-refractivity contribution < 1.29 is 23.7 Å². The van der Waals surface area contributed by atoms with Crippen molar-refractivity contribution in [3.05, 3.63) is 47.5 Å². The molecule has 0 atom stereocenters. The van der Waals surface area contributed by atoms with E-state index in [4.69, 9.17) is 18.9 Å². The molecule has 6 heteroatoms. The summed E-state index contributed by atoms with van der Waals surface area (Å²) in [4.78, 5) is 12.6. The SMILES string of the molecule is COc1ccc(CCC(=O)NCC2(c3ccc4c(c3)OCCO4)CCCC2)cc1OC. The molecule has 1 amide bonds. The van der Waals surface area contributed by atoms with Crippen molar-refractivity contribution in [3.8, 4) is 23.0 Å². The number of methoxy groups -OCH3 is 2. The molecule has 6 nitrogen and oxygen atoms in total. The first-order valence-electron chi connectivity index (χ1n) is 11.0. The van der Waals surface area contributed by atoms with Gasteiger partial charge in [0.15, 0.2) is 23.0 Å². The average Bonchev–Trinajstić information content (AvgIpc) is 3.31. The molecule has 1 aliphatic carbocycles. The minimum absolute atomic E-state index is 0.0329. The van der Waals surface area contributed by atoms with E-state index in [2.05, 4.69) is 17.4 Å². The molecule has 4 rings (SSSR count). The average molecular weight is 426 g/mol. The van der Waals surface area contributed by atoms with Crippen LogP contribution in [0.5, 0.6) is 23.0 Å². The second-order valence-electron chi connectivity index (χ2n) is 8.31. The lowest BCUT2D eigenvalue weighted by Crippen LogP contribution is -2.39. The summed E-state index contributed by atoms with van der Waals surface area (Å²) < 4.78 is 22.1. The number of fused-ring (bicyclic) bond motifs is 1. The predicted molar refractivity (Wildman–Crippen MR) is 118 cm³/mol. The number of ether oxygens (including phenoxy) is 4. The Morgan fingerprint density at radius 2 is 1.71 bits per heavy atom. The Morgan fingerprint density at radius 3 is 2.45 bits per heavy atom. The molecule has 1 aliphatic heterocycles. The zero-order valence-electron chi connectivity index (χ0n) is 18.4. The van der Waals surface area contributed by atoms with E-state index in [0.29, 0.717) is 44.1 Å². The standard InChI is InChI=1S/C25H31NO5/c1-28-20-8-5-18(15-22(20)29-2)6-10-24(27)26-17-25(11-3-4-12-25)19-7-9-21-23(16-19)31-14-13-30-21/h5,7-9,15-16H,3-4,6,10-14,17H2,1-2H3,(H,26,27). The van der Waals surface area contributed by atoms with Crippen LogP contribution >= 0.6 is 0 Å². The van der Waals surface area contributed by atoms with Gasteiger partial charge < -0.3 is 24.3 Å². The molecule has 0 spiro atoms. The number of amides is 1. The summed E-state index contributed by atoms with van der Waals surface area (Å²) >= 11 is 0. The van der Waals surface area contributed by atoms with Crippen LogP contribution in [0.25, 0.3) is 0 Å². The normalized spacial score (nSPS) is 16.6. The summed E-state index contributed by atoms with van der Waals surface area (Å²) in [7, 11) is 3.23. The fraction of sp³-hybridized carbons (Fsp3) is 0.480. The Balaban J connectivity index is 1.38. The topological polar surface area (TPSA) is 66.0 Å². The van der Waals surface area contributed by atoms with Crippen LogP contribution in [-0.4, -0.2) is 39.9 Å². The molecule has 1 saturated carbocycles. The summed E-state index contributed by atoms with van der Waals surface area (Å²) in [6, 6.07) is 12.0. The Kier molecular flexibility index (Phi) is 6.54. The zero-order chi connectivity index (χ0) is 21.7. The highest BCUT2D eigenvalue weighted by Gasteiger charge is 2.36. The summed E-state index contributed by atoms with van der Waals surface area (Å²) in [5.74, 6) is 3.07. The molecule has 2 aromatic rings. The van der Waals surface area contributed by atoms with Gasteiger partial charge in [-0.2, -0.15) is 0 Å². The minimum Gasteiger partial charge on any atom is -0.493 e. The van der Waals surface area contributed by atoms with Gasteiger partial charge in [-0.05, 0) is 54.7 Å². The highest BCUT2D eigenvalue weighted by molar-refractivity contribution is 5.76. The van der Waals surface area contributed by atoms with Gasteiger partial charge in [0, 0.05) is 18.4 Å². The molecule has 0 saturated heterocycles. The lowest BCUT2D eigenvalue weighted by molar-refractivity contribution is -0.121.